The zero-order chi connectivity index (χ0) is 12.3. The first-order valence-electron chi connectivity index (χ1n) is 5.48. The lowest BCUT2D eigenvalue weighted by Gasteiger charge is -2.13. The lowest BCUT2D eigenvalue weighted by Crippen LogP contribution is -2.30. The fourth-order valence-corrected chi connectivity index (χ4v) is 2.61. The fraction of sp³-hybridized carbons (Fsp3) is 0.600. The highest BCUT2D eigenvalue weighted by atomic mass is 35.5. The van der Waals surface area contributed by atoms with Crippen LogP contribution in [0.1, 0.15) is 5.56 Å². The summed E-state index contributed by atoms with van der Waals surface area (Å²) in [6.07, 6.45) is -0.292. The second kappa shape index (κ2) is 7.01. The van der Waals surface area contributed by atoms with Crippen LogP contribution in [0.5, 0.6) is 0 Å². The molecule has 1 aromatic rings. The Balaban J connectivity index is 0.00000162. The summed E-state index contributed by atoms with van der Waals surface area (Å²) in [5.74, 6) is 0.226. The van der Waals surface area contributed by atoms with Gasteiger partial charge in [-0.15, -0.1) is 12.4 Å². The fourth-order valence-electron chi connectivity index (χ4n) is 1.88. The molecule has 1 saturated heterocycles. The maximum absolute atomic E-state index is 10.5. The standard InChI is InChI=1S/C10H15N3O3S.ClH/c14-9-5-12-4-8(9)3-11-2-7-1-10(13(15)16)17-6-7;/h1,6,8-9,11-12,14H,2-5H2;1H. The molecule has 2 heterocycles. The molecule has 0 bridgehead atoms. The van der Waals surface area contributed by atoms with Crippen LogP contribution in [0.15, 0.2) is 11.4 Å². The molecule has 0 amide bonds. The summed E-state index contributed by atoms with van der Waals surface area (Å²) >= 11 is 1.14. The highest BCUT2D eigenvalue weighted by Gasteiger charge is 2.24. The van der Waals surface area contributed by atoms with Crippen molar-refractivity contribution in [2.24, 2.45) is 5.92 Å². The molecular formula is C10H16ClN3O3S. The first-order valence-corrected chi connectivity index (χ1v) is 6.36. The van der Waals surface area contributed by atoms with E-state index in [9.17, 15) is 15.2 Å². The summed E-state index contributed by atoms with van der Waals surface area (Å²) < 4.78 is 0. The van der Waals surface area contributed by atoms with Crippen molar-refractivity contribution in [2.75, 3.05) is 19.6 Å². The number of thiophene rings is 1. The van der Waals surface area contributed by atoms with E-state index in [1.54, 1.807) is 11.4 Å². The third-order valence-electron chi connectivity index (χ3n) is 2.86. The summed E-state index contributed by atoms with van der Waals surface area (Å²) in [7, 11) is 0. The zero-order valence-corrected chi connectivity index (χ0v) is 11.3. The number of halogens is 1. The van der Waals surface area contributed by atoms with Gasteiger partial charge in [0.05, 0.1) is 11.0 Å². The smallest absolute Gasteiger partial charge is 0.324 e. The van der Waals surface area contributed by atoms with Gasteiger partial charge in [-0.1, -0.05) is 11.3 Å². The number of aliphatic hydroxyl groups excluding tert-OH is 1. The quantitative estimate of drug-likeness (QED) is 0.551. The van der Waals surface area contributed by atoms with Gasteiger partial charge in [-0.3, -0.25) is 10.1 Å². The van der Waals surface area contributed by atoms with Crippen LogP contribution in [0.4, 0.5) is 5.00 Å². The van der Waals surface area contributed by atoms with Crippen LogP contribution in [-0.4, -0.2) is 35.8 Å². The normalized spacial score (nSPS) is 22.7. The maximum Gasteiger partial charge on any atom is 0.324 e. The van der Waals surface area contributed by atoms with Crippen molar-refractivity contribution in [1.29, 1.82) is 0 Å². The highest BCUT2D eigenvalue weighted by Crippen LogP contribution is 2.22. The van der Waals surface area contributed by atoms with Gasteiger partial charge < -0.3 is 15.7 Å². The molecule has 0 radical (unpaired) electrons. The van der Waals surface area contributed by atoms with E-state index in [1.165, 1.54) is 0 Å². The SMILES string of the molecule is Cl.O=[N+]([O-])c1cc(CNCC2CNCC2O)cs1. The minimum atomic E-state index is -0.376. The Morgan fingerprint density at radius 2 is 2.39 bits per heavy atom. The number of β-amino-alcohol motifs (C(OH)–C–C–N with tert-alkyl or cyclic N) is 1. The van der Waals surface area contributed by atoms with Crippen molar-refractivity contribution in [3.63, 3.8) is 0 Å². The summed E-state index contributed by atoms with van der Waals surface area (Å²) in [6.45, 7) is 2.79. The largest absolute Gasteiger partial charge is 0.391 e. The molecule has 2 unspecified atom stereocenters. The molecule has 1 fully saturated rings. The molecule has 3 N–H and O–H groups in total. The van der Waals surface area contributed by atoms with Crippen LogP contribution in [0, 0.1) is 16.0 Å². The summed E-state index contributed by atoms with van der Waals surface area (Å²) in [4.78, 5) is 10.1. The molecule has 1 aliphatic heterocycles. The first-order chi connectivity index (χ1) is 8.16. The monoisotopic (exact) mass is 293 g/mol. The molecule has 0 saturated carbocycles. The van der Waals surface area contributed by atoms with E-state index >= 15 is 0 Å². The molecule has 0 aliphatic carbocycles. The Labute approximate surface area is 115 Å². The number of nitro groups is 1. The molecule has 8 heteroatoms. The molecule has 0 aromatic carbocycles. The molecule has 2 atom stereocenters. The Bertz CT molecular complexity index is 401. The molecule has 102 valence electrons. The number of nitrogens with one attached hydrogen (secondary N) is 2. The number of nitrogens with zero attached hydrogens (tertiary/aromatic N) is 1. The average Bonchev–Trinajstić information content (AvgIpc) is 2.89. The molecule has 1 aromatic heterocycles. The van der Waals surface area contributed by atoms with Crippen LogP contribution in [-0.2, 0) is 6.54 Å². The van der Waals surface area contributed by atoms with Gasteiger partial charge in [0.25, 0.3) is 0 Å². The average molecular weight is 294 g/mol. The third-order valence-corrected chi connectivity index (χ3v) is 3.79. The van der Waals surface area contributed by atoms with E-state index in [4.69, 9.17) is 0 Å². The minimum Gasteiger partial charge on any atom is -0.391 e. The maximum atomic E-state index is 10.5. The van der Waals surface area contributed by atoms with Crippen LogP contribution >= 0.6 is 23.7 Å². The van der Waals surface area contributed by atoms with E-state index in [-0.39, 0.29) is 34.4 Å². The van der Waals surface area contributed by atoms with E-state index in [1.807, 2.05) is 0 Å². The van der Waals surface area contributed by atoms with Crippen molar-refractivity contribution in [2.45, 2.75) is 12.6 Å². The molecule has 2 rings (SSSR count). The lowest BCUT2D eigenvalue weighted by atomic mass is 10.1. The Morgan fingerprint density at radius 3 is 2.94 bits per heavy atom. The van der Waals surface area contributed by atoms with Crippen molar-refractivity contribution in [3.05, 3.63) is 27.1 Å². The highest BCUT2D eigenvalue weighted by molar-refractivity contribution is 7.13. The predicted molar refractivity (Wildman–Crippen MR) is 72.3 cm³/mol. The number of aliphatic hydroxyl groups is 1. The van der Waals surface area contributed by atoms with E-state index < -0.39 is 0 Å². The van der Waals surface area contributed by atoms with E-state index in [2.05, 4.69) is 10.6 Å². The lowest BCUT2D eigenvalue weighted by molar-refractivity contribution is -0.380. The van der Waals surface area contributed by atoms with Crippen molar-refractivity contribution in [3.8, 4) is 0 Å². The third kappa shape index (κ3) is 3.89. The van der Waals surface area contributed by atoms with Crippen LogP contribution in [0.2, 0.25) is 0 Å². The van der Waals surface area contributed by atoms with Gasteiger partial charge in [0.2, 0.25) is 0 Å². The van der Waals surface area contributed by atoms with Gasteiger partial charge in [0.1, 0.15) is 0 Å². The zero-order valence-electron chi connectivity index (χ0n) is 9.67. The van der Waals surface area contributed by atoms with Gasteiger partial charge >= 0.3 is 5.00 Å². The second-order valence-corrected chi connectivity index (χ2v) is 5.06. The summed E-state index contributed by atoms with van der Waals surface area (Å²) in [6, 6.07) is 1.58. The van der Waals surface area contributed by atoms with Gasteiger partial charge in [-0.2, -0.15) is 0 Å². The predicted octanol–water partition coefficient (Wildman–Crippen LogP) is 0.748. The Hall–Kier alpha value is -0.730. The number of hydrogen-bond acceptors (Lipinski definition) is 6. The summed E-state index contributed by atoms with van der Waals surface area (Å²) in [5.41, 5.74) is 0.919. The van der Waals surface area contributed by atoms with Gasteiger partial charge in [-0.05, 0) is 5.56 Å². The van der Waals surface area contributed by atoms with Crippen LogP contribution in [0.3, 0.4) is 0 Å². The van der Waals surface area contributed by atoms with Crippen LogP contribution < -0.4 is 10.6 Å². The van der Waals surface area contributed by atoms with E-state index in [0.29, 0.717) is 13.1 Å². The number of hydrogen-bond donors (Lipinski definition) is 3. The molecule has 0 spiro atoms. The minimum absolute atomic E-state index is 0. The number of rotatable bonds is 5. The summed E-state index contributed by atoms with van der Waals surface area (Å²) in [5, 5.41) is 28.3. The van der Waals surface area contributed by atoms with E-state index in [0.717, 1.165) is 30.0 Å². The topological polar surface area (TPSA) is 87.4 Å². The Morgan fingerprint density at radius 1 is 1.61 bits per heavy atom. The Kier molecular flexibility index (Phi) is 5.97. The van der Waals surface area contributed by atoms with Crippen LogP contribution in [0.25, 0.3) is 0 Å². The first kappa shape index (κ1) is 15.3. The van der Waals surface area contributed by atoms with Crippen molar-refractivity contribution < 1.29 is 10.0 Å². The molecule has 1 aliphatic rings. The molecular weight excluding hydrogens is 278 g/mol. The van der Waals surface area contributed by atoms with Crippen molar-refractivity contribution >= 4 is 28.7 Å². The van der Waals surface area contributed by atoms with Crippen molar-refractivity contribution in [1.82, 2.24) is 10.6 Å². The second-order valence-electron chi connectivity index (χ2n) is 4.17. The van der Waals surface area contributed by atoms with Gasteiger partial charge in [0.15, 0.2) is 0 Å². The molecule has 18 heavy (non-hydrogen) atoms. The molecule has 6 nitrogen and oxygen atoms in total. The van der Waals surface area contributed by atoms with Gasteiger partial charge in [-0.25, -0.2) is 0 Å². The van der Waals surface area contributed by atoms with Gasteiger partial charge in [0, 0.05) is 43.5 Å².